The molecule has 4 heterocycles. The fourth-order valence-electron chi connectivity index (χ4n) is 10.7. The van der Waals surface area contributed by atoms with Crippen molar-refractivity contribution in [3.05, 3.63) is 53.9 Å². The molecule has 3 fully saturated rings. The van der Waals surface area contributed by atoms with Crippen LogP contribution in [0.4, 0.5) is 0 Å². The lowest BCUT2D eigenvalue weighted by atomic mass is 9.77. The van der Waals surface area contributed by atoms with E-state index in [1.54, 1.807) is 52.1 Å². The minimum atomic E-state index is -2.43. The van der Waals surface area contributed by atoms with Crippen LogP contribution in [-0.2, 0) is 47.7 Å². The Labute approximate surface area is 408 Å². The lowest BCUT2D eigenvalue weighted by Gasteiger charge is -2.42. The van der Waals surface area contributed by atoms with Gasteiger partial charge in [0.1, 0.15) is 36.5 Å². The number of methoxy groups -OCH3 is 3. The second kappa shape index (κ2) is 25.7. The molecule has 3 aliphatic heterocycles. The summed E-state index contributed by atoms with van der Waals surface area (Å²) < 4.78 is 31.6. The van der Waals surface area contributed by atoms with Gasteiger partial charge in [-0.3, -0.25) is 19.2 Å². The third-order valence-corrected chi connectivity index (χ3v) is 15.2. The number of tetrazole rings is 1. The minimum absolute atomic E-state index is 0.0170. The zero-order valence-electron chi connectivity index (χ0n) is 42.5. The highest BCUT2D eigenvalue weighted by molar-refractivity contribution is 6.39. The van der Waals surface area contributed by atoms with Gasteiger partial charge in [0.05, 0.1) is 24.4 Å². The van der Waals surface area contributed by atoms with Crippen LogP contribution in [-0.4, -0.2) is 141 Å². The van der Waals surface area contributed by atoms with Gasteiger partial charge in [0.15, 0.2) is 5.78 Å². The Morgan fingerprint density at radius 2 is 1.64 bits per heavy atom. The number of Topliss-reactive ketones (excluding diaryl/α,β-unsaturated/α-hetero) is 3. The van der Waals surface area contributed by atoms with Crippen molar-refractivity contribution in [1.29, 1.82) is 0 Å². The predicted molar refractivity (Wildman–Crippen MR) is 256 cm³/mol. The number of piperidine rings is 1. The number of cyclic esters (lactones) is 1. The third-order valence-electron chi connectivity index (χ3n) is 15.2. The van der Waals surface area contributed by atoms with Crippen LogP contribution < -0.4 is 0 Å². The van der Waals surface area contributed by atoms with Crippen LogP contribution in [0.2, 0.25) is 0 Å². The van der Waals surface area contributed by atoms with Crippen LogP contribution in [0.25, 0.3) is 0 Å². The van der Waals surface area contributed by atoms with E-state index in [2.05, 4.69) is 15.5 Å². The second-order valence-corrected chi connectivity index (χ2v) is 20.4. The molecule has 1 saturated carbocycles. The molecular weight excluding hydrogens is 887 g/mol. The molecule has 1 aromatic rings. The normalized spacial score (nSPS) is 38.8. The molecule has 17 nitrogen and oxygen atoms in total. The molecule has 1 aromatic heterocycles. The number of ether oxygens (including phenoxy) is 5. The van der Waals surface area contributed by atoms with Crippen molar-refractivity contribution in [3.63, 3.8) is 0 Å². The predicted octanol–water partition coefficient (Wildman–Crippen LogP) is 6.05. The molecule has 15 atom stereocenters. The van der Waals surface area contributed by atoms with E-state index in [1.165, 1.54) is 12.0 Å². The number of carbonyl (C=O) groups excluding carboxylic acids is 5. The third kappa shape index (κ3) is 14.2. The summed E-state index contributed by atoms with van der Waals surface area (Å²) in [4.78, 5) is 72.3. The van der Waals surface area contributed by atoms with E-state index in [0.717, 1.165) is 18.4 Å². The standard InChI is InChI=1S/C52H79N5O12/c1-31-16-12-11-13-17-32(2)43(65-8)28-39-21-19-37(7)52(64,69-39)49(61)50(62)56-23-15-14-18-41(56)51(63)68-44(34(4)26-38-20-22-40(45(27-38)66-9)57-30-53-54-55-57)29-42(58)33(3)25-36(6)47(60)48(67-10)46(59)35(5)24-31/h11-13,16-17,25,30-31,33-35,37-41,43-45,47-48,60,64H,14-15,18-24,26-29H2,1-10H3/b13-11+,16-12+,32-17+,36-25+/t31-,33-,34-,35-,37-,38+,39+,40+,41+,43?,44+,45-,47-,48?,52-/m1/s1. The first-order valence-corrected chi connectivity index (χ1v) is 25.0. The summed E-state index contributed by atoms with van der Waals surface area (Å²) >= 11 is 0. The summed E-state index contributed by atoms with van der Waals surface area (Å²) in [5, 5.41) is 35.2. The number of fused-ring (bicyclic) bond motifs is 3. The highest BCUT2D eigenvalue weighted by atomic mass is 16.6. The molecule has 0 aromatic carbocycles. The molecule has 2 bridgehead atoms. The molecule has 2 unspecified atom stereocenters. The van der Waals surface area contributed by atoms with Crippen molar-refractivity contribution in [3.8, 4) is 0 Å². The first-order chi connectivity index (χ1) is 32.8. The van der Waals surface area contributed by atoms with Crippen LogP contribution in [0.15, 0.2) is 53.9 Å². The minimum Gasteiger partial charge on any atom is -0.460 e. The average molecular weight is 966 g/mol. The number of aromatic nitrogens is 4. The smallest absolute Gasteiger partial charge is 0.329 e. The summed E-state index contributed by atoms with van der Waals surface area (Å²) in [7, 11) is 4.62. The number of amides is 1. The molecule has 5 rings (SSSR count). The number of allylic oxidation sites excluding steroid dienone is 6. The Hall–Kier alpha value is -4.26. The average Bonchev–Trinajstić information content (AvgIpc) is 3.88. The Kier molecular flexibility index (Phi) is 20.8. The van der Waals surface area contributed by atoms with Gasteiger partial charge in [-0.1, -0.05) is 71.1 Å². The fraction of sp³-hybridized carbons (Fsp3) is 0.731. The van der Waals surface area contributed by atoms with Crippen LogP contribution in [0.1, 0.15) is 132 Å². The lowest BCUT2D eigenvalue weighted by Crippen LogP contribution is -2.61. The van der Waals surface area contributed by atoms with Crippen molar-refractivity contribution < 1.29 is 57.9 Å². The van der Waals surface area contributed by atoms with Crippen molar-refractivity contribution >= 4 is 29.2 Å². The van der Waals surface area contributed by atoms with E-state index in [9.17, 15) is 34.2 Å². The van der Waals surface area contributed by atoms with Gasteiger partial charge in [0.25, 0.3) is 11.7 Å². The van der Waals surface area contributed by atoms with E-state index >= 15 is 0 Å². The van der Waals surface area contributed by atoms with Gasteiger partial charge >= 0.3 is 5.97 Å². The number of aliphatic hydroxyl groups excluding tert-OH is 1. The molecule has 2 N–H and O–H groups in total. The van der Waals surface area contributed by atoms with E-state index in [-0.39, 0.29) is 60.9 Å². The van der Waals surface area contributed by atoms with Crippen molar-refractivity contribution in [2.45, 2.75) is 180 Å². The van der Waals surface area contributed by atoms with Gasteiger partial charge in [-0.25, -0.2) is 9.48 Å². The van der Waals surface area contributed by atoms with Crippen LogP contribution in [0.3, 0.4) is 0 Å². The van der Waals surface area contributed by atoms with Crippen LogP contribution >= 0.6 is 0 Å². The number of hydrogen-bond acceptors (Lipinski definition) is 15. The summed E-state index contributed by atoms with van der Waals surface area (Å²) in [5.41, 5.74) is 1.27. The molecule has 0 radical (unpaired) electrons. The first-order valence-electron chi connectivity index (χ1n) is 25.0. The quantitative estimate of drug-likeness (QED) is 0.181. The van der Waals surface area contributed by atoms with Gasteiger partial charge in [-0.05, 0) is 117 Å². The van der Waals surface area contributed by atoms with Gasteiger partial charge in [-0.15, -0.1) is 5.10 Å². The number of ketones is 3. The molecule has 0 spiro atoms. The molecule has 2 saturated heterocycles. The van der Waals surface area contributed by atoms with Crippen LogP contribution in [0, 0.1) is 35.5 Å². The zero-order chi connectivity index (χ0) is 50.6. The topological polar surface area (TPSA) is 219 Å². The van der Waals surface area contributed by atoms with Crippen molar-refractivity contribution in [2.75, 3.05) is 27.9 Å². The number of rotatable bonds is 7. The number of carbonyl (C=O) groups is 5. The molecule has 4 aliphatic rings. The monoisotopic (exact) mass is 966 g/mol. The largest absolute Gasteiger partial charge is 0.460 e. The van der Waals surface area contributed by atoms with E-state index in [1.807, 2.05) is 58.1 Å². The maximum absolute atomic E-state index is 14.5. The first kappa shape index (κ1) is 55.7. The fourth-order valence-corrected chi connectivity index (χ4v) is 10.7. The second-order valence-electron chi connectivity index (χ2n) is 20.4. The Balaban J connectivity index is 1.46. The van der Waals surface area contributed by atoms with Gasteiger partial charge in [0.2, 0.25) is 5.79 Å². The molecule has 17 heteroatoms. The Morgan fingerprint density at radius 1 is 0.884 bits per heavy atom. The molecule has 1 amide bonds. The number of aliphatic hydroxyl groups is 2. The maximum Gasteiger partial charge on any atom is 0.329 e. The lowest BCUT2D eigenvalue weighted by molar-refractivity contribution is -0.265. The summed E-state index contributed by atoms with van der Waals surface area (Å²) in [6.07, 6.45) is 13.9. The van der Waals surface area contributed by atoms with E-state index < -0.39 is 77.8 Å². The Morgan fingerprint density at radius 3 is 2.32 bits per heavy atom. The highest BCUT2D eigenvalue weighted by Crippen LogP contribution is 2.39. The van der Waals surface area contributed by atoms with Gasteiger partial charge < -0.3 is 38.8 Å². The highest BCUT2D eigenvalue weighted by Gasteiger charge is 2.53. The Bertz CT molecular complexity index is 2020. The summed E-state index contributed by atoms with van der Waals surface area (Å²) in [6, 6.07) is -1.19. The number of nitrogens with zero attached hydrogens (tertiary/aromatic N) is 5. The molecule has 69 heavy (non-hydrogen) atoms. The van der Waals surface area contributed by atoms with Crippen molar-refractivity contribution in [2.24, 2.45) is 35.5 Å². The van der Waals surface area contributed by atoms with E-state index in [0.29, 0.717) is 56.9 Å². The van der Waals surface area contributed by atoms with Crippen LogP contribution in [0.5, 0.6) is 0 Å². The molecule has 1 aliphatic carbocycles. The molecule has 384 valence electrons. The summed E-state index contributed by atoms with van der Waals surface area (Å²) in [6.45, 7) is 12.8. The summed E-state index contributed by atoms with van der Waals surface area (Å²) in [5.74, 6) is -7.92. The van der Waals surface area contributed by atoms with Crippen molar-refractivity contribution in [1.82, 2.24) is 25.1 Å². The molecular formula is C52H79N5O12. The number of hydrogen-bond donors (Lipinski definition) is 2. The SMILES string of the molecule is COC1C[C@@H]2CC[C@@H](C)[C@@](O)(O2)C(=O)C(=O)N2CCCC[C@H]2C(=O)O[C@H]([C@H](C)C[C@@H]2CC[C@H](n3cnnn3)[C@H](OC)C2)CC(=O)[C@H](C)/C=C(\C)[C@@H](O)C(OC)C(=O)[C@H](C)C[C@H](C)/C=C/C=C/C=C/1C. The van der Waals surface area contributed by atoms with Gasteiger partial charge in [0, 0.05) is 58.5 Å². The number of esters is 1. The zero-order valence-corrected chi connectivity index (χ0v) is 42.5. The van der Waals surface area contributed by atoms with Gasteiger partial charge in [-0.2, -0.15) is 0 Å². The maximum atomic E-state index is 14.5. The van der Waals surface area contributed by atoms with E-state index in [4.69, 9.17) is 23.7 Å².